The summed E-state index contributed by atoms with van der Waals surface area (Å²) in [5.74, 6) is -0.948. The van der Waals surface area contributed by atoms with E-state index >= 15 is 0 Å². The van der Waals surface area contributed by atoms with Gasteiger partial charge in [0.05, 0.1) is 18.3 Å². The number of furan rings is 1. The van der Waals surface area contributed by atoms with Crippen LogP contribution in [0.1, 0.15) is 32.8 Å². The summed E-state index contributed by atoms with van der Waals surface area (Å²) in [7, 11) is 0. The summed E-state index contributed by atoms with van der Waals surface area (Å²) >= 11 is 0. The molecule has 0 radical (unpaired) electrons. The van der Waals surface area contributed by atoms with Gasteiger partial charge in [0.2, 0.25) is 0 Å². The maximum Gasteiger partial charge on any atom is 0.334 e. The molecule has 1 N–H and O–H groups in total. The Labute approximate surface area is 151 Å². The van der Waals surface area contributed by atoms with Gasteiger partial charge in [-0.3, -0.25) is 4.79 Å². The number of esters is 2. The van der Waals surface area contributed by atoms with Gasteiger partial charge in [-0.15, -0.1) is 0 Å². The minimum Gasteiger partial charge on any atom is -0.464 e. The van der Waals surface area contributed by atoms with E-state index in [-0.39, 0.29) is 13.0 Å². The highest BCUT2D eigenvalue weighted by atomic mass is 16.6. The van der Waals surface area contributed by atoms with Crippen LogP contribution in [-0.4, -0.2) is 35.9 Å². The van der Waals surface area contributed by atoms with Crippen LogP contribution in [0.4, 0.5) is 0 Å². The van der Waals surface area contributed by atoms with E-state index in [9.17, 15) is 14.7 Å². The first-order chi connectivity index (χ1) is 12.2. The number of fused-ring (bicyclic) bond motifs is 1. The predicted octanol–water partition coefficient (Wildman–Crippen LogP) is 3.08. The molecule has 1 aromatic carbocycles. The van der Waals surface area contributed by atoms with E-state index in [1.165, 1.54) is 0 Å². The molecule has 0 amide bonds. The maximum atomic E-state index is 12.3. The fourth-order valence-electron chi connectivity index (χ4n) is 2.75. The minimum atomic E-state index is -1.25. The zero-order chi connectivity index (χ0) is 18.9. The molecule has 138 valence electrons. The van der Waals surface area contributed by atoms with Gasteiger partial charge in [0.1, 0.15) is 12.2 Å². The summed E-state index contributed by atoms with van der Waals surface area (Å²) < 4.78 is 16.1. The van der Waals surface area contributed by atoms with Crippen LogP contribution in [0.5, 0.6) is 0 Å². The predicted molar refractivity (Wildman–Crippen MR) is 95.1 cm³/mol. The molecule has 0 spiro atoms. The summed E-state index contributed by atoms with van der Waals surface area (Å²) in [4.78, 5) is 24.3. The van der Waals surface area contributed by atoms with Crippen molar-refractivity contribution in [1.82, 2.24) is 0 Å². The maximum absolute atomic E-state index is 12.3. The first kappa shape index (κ1) is 18.2. The Bertz CT molecular complexity index is 870. The molecule has 1 fully saturated rings. The fraction of sp³-hybridized carbons (Fsp3) is 0.400. The lowest BCUT2D eigenvalue weighted by atomic mass is 9.96. The van der Waals surface area contributed by atoms with Gasteiger partial charge in [0, 0.05) is 22.9 Å². The van der Waals surface area contributed by atoms with E-state index in [0.29, 0.717) is 5.57 Å². The normalized spacial score (nSPS) is 22.0. The van der Waals surface area contributed by atoms with Crippen LogP contribution in [0.15, 0.2) is 40.5 Å². The van der Waals surface area contributed by atoms with E-state index in [1.807, 2.05) is 24.3 Å². The van der Waals surface area contributed by atoms with Gasteiger partial charge in [0.15, 0.2) is 5.60 Å². The molecule has 2 aromatic rings. The van der Waals surface area contributed by atoms with Crippen molar-refractivity contribution >= 4 is 29.0 Å². The number of carbonyl (C=O) groups is 2. The zero-order valence-electron chi connectivity index (χ0n) is 15.1. The molecule has 0 aliphatic carbocycles. The molecule has 6 nitrogen and oxygen atoms in total. The van der Waals surface area contributed by atoms with Crippen LogP contribution < -0.4 is 0 Å². The van der Waals surface area contributed by atoms with Crippen LogP contribution in [0.3, 0.4) is 0 Å². The molecule has 2 heterocycles. The summed E-state index contributed by atoms with van der Waals surface area (Å²) in [6.45, 7) is 4.58. The first-order valence-corrected chi connectivity index (χ1v) is 8.42. The number of carbonyl (C=O) groups excluding carboxylic acids is 2. The molecule has 26 heavy (non-hydrogen) atoms. The number of aliphatic hydroxyl groups is 1. The molecule has 3 rings (SSSR count). The lowest BCUT2D eigenvalue weighted by Crippen LogP contribution is -2.40. The molecule has 0 bridgehead atoms. The van der Waals surface area contributed by atoms with Crippen LogP contribution in [-0.2, 0) is 19.1 Å². The Kier molecular flexibility index (Phi) is 4.63. The van der Waals surface area contributed by atoms with Gasteiger partial charge in [-0.2, -0.15) is 0 Å². The Morgan fingerprint density at radius 1 is 1.35 bits per heavy atom. The van der Waals surface area contributed by atoms with Crippen LogP contribution >= 0.6 is 0 Å². The van der Waals surface area contributed by atoms with Gasteiger partial charge < -0.3 is 19.0 Å². The largest absolute Gasteiger partial charge is 0.464 e. The van der Waals surface area contributed by atoms with Crippen molar-refractivity contribution in [3.8, 4) is 0 Å². The second kappa shape index (κ2) is 6.61. The molecule has 1 saturated heterocycles. The van der Waals surface area contributed by atoms with Gasteiger partial charge in [-0.1, -0.05) is 18.2 Å². The van der Waals surface area contributed by atoms with Crippen molar-refractivity contribution in [2.75, 3.05) is 13.2 Å². The summed E-state index contributed by atoms with van der Waals surface area (Å²) in [5, 5.41) is 10.6. The highest BCUT2D eigenvalue weighted by molar-refractivity contribution is 5.99. The Morgan fingerprint density at radius 2 is 2.08 bits per heavy atom. The quantitative estimate of drug-likeness (QED) is 0.668. The number of para-hydroxylation sites is 1. The molecule has 1 aliphatic rings. The Morgan fingerprint density at radius 3 is 2.77 bits per heavy atom. The van der Waals surface area contributed by atoms with Crippen molar-refractivity contribution < 1.29 is 28.6 Å². The average molecular weight is 358 g/mol. The van der Waals surface area contributed by atoms with Crippen molar-refractivity contribution in [3.05, 3.63) is 41.7 Å². The molecule has 1 atom stereocenters. The smallest absolute Gasteiger partial charge is 0.334 e. The lowest BCUT2D eigenvalue weighted by Gasteiger charge is -2.26. The van der Waals surface area contributed by atoms with Gasteiger partial charge in [-0.25, -0.2) is 4.79 Å². The number of aliphatic hydroxyl groups excluding tert-OH is 1. The number of ether oxygens (including phenoxy) is 2. The highest BCUT2D eigenvalue weighted by Gasteiger charge is 2.45. The number of cyclic esters (lactones) is 1. The van der Waals surface area contributed by atoms with Crippen molar-refractivity contribution in [1.29, 1.82) is 0 Å². The van der Waals surface area contributed by atoms with Crippen LogP contribution in [0.2, 0.25) is 0 Å². The molecule has 1 unspecified atom stereocenters. The molecule has 0 saturated carbocycles. The van der Waals surface area contributed by atoms with Gasteiger partial charge in [0.25, 0.3) is 0 Å². The van der Waals surface area contributed by atoms with Crippen molar-refractivity contribution in [3.63, 3.8) is 0 Å². The molecule has 1 aromatic heterocycles. The van der Waals surface area contributed by atoms with E-state index in [1.54, 1.807) is 33.1 Å². The monoisotopic (exact) mass is 358 g/mol. The molecule has 6 heteroatoms. The third-order valence-electron chi connectivity index (χ3n) is 4.29. The van der Waals surface area contributed by atoms with Crippen molar-refractivity contribution in [2.45, 2.75) is 32.8 Å². The third kappa shape index (κ3) is 3.51. The average Bonchev–Trinajstić information content (AvgIpc) is 3.14. The van der Waals surface area contributed by atoms with E-state index in [2.05, 4.69) is 0 Å². The van der Waals surface area contributed by atoms with Crippen LogP contribution in [0, 0.1) is 5.41 Å². The SMILES string of the molecule is CC(C)(C)C(=O)OCC1(CO)C/C(=C\c2coc3ccccc23)C(=O)O1. The van der Waals surface area contributed by atoms with Gasteiger partial charge in [-0.05, 0) is 32.9 Å². The number of benzene rings is 1. The molecular formula is C20H22O6. The lowest BCUT2D eigenvalue weighted by molar-refractivity contribution is -0.171. The highest BCUT2D eigenvalue weighted by Crippen LogP contribution is 2.34. The van der Waals surface area contributed by atoms with E-state index in [0.717, 1.165) is 16.5 Å². The molecular weight excluding hydrogens is 336 g/mol. The summed E-state index contributed by atoms with van der Waals surface area (Å²) in [6.07, 6.45) is 3.42. The third-order valence-corrected chi connectivity index (χ3v) is 4.29. The second-order valence-corrected chi connectivity index (χ2v) is 7.59. The Balaban J connectivity index is 1.81. The Hall–Kier alpha value is -2.60. The fourth-order valence-corrected chi connectivity index (χ4v) is 2.75. The van der Waals surface area contributed by atoms with E-state index in [4.69, 9.17) is 13.9 Å². The summed E-state index contributed by atoms with van der Waals surface area (Å²) in [5.41, 5.74) is -0.0413. The summed E-state index contributed by atoms with van der Waals surface area (Å²) in [6, 6.07) is 7.49. The van der Waals surface area contributed by atoms with Crippen LogP contribution in [0.25, 0.3) is 17.0 Å². The topological polar surface area (TPSA) is 86.0 Å². The van der Waals surface area contributed by atoms with Gasteiger partial charge >= 0.3 is 11.9 Å². The van der Waals surface area contributed by atoms with Crippen molar-refractivity contribution in [2.24, 2.45) is 5.41 Å². The minimum absolute atomic E-state index is 0.152. The number of hydrogen-bond donors (Lipinski definition) is 1. The van der Waals surface area contributed by atoms with E-state index < -0.39 is 29.6 Å². The number of rotatable bonds is 4. The first-order valence-electron chi connectivity index (χ1n) is 8.42. The molecule has 1 aliphatic heterocycles. The number of hydrogen-bond acceptors (Lipinski definition) is 6. The standard InChI is InChI=1S/C20H22O6/c1-19(2,3)18(23)25-12-20(11-21)9-13(17(22)26-20)8-14-10-24-16-7-5-4-6-15(14)16/h4-8,10,21H,9,11-12H2,1-3H3/b13-8+. The second-order valence-electron chi connectivity index (χ2n) is 7.59. The zero-order valence-corrected chi connectivity index (χ0v) is 15.1.